The van der Waals surface area contributed by atoms with Gasteiger partial charge < -0.3 is 4.90 Å². The second-order valence-corrected chi connectivity index (χ2v) is 6.67. The van der Waals surface area contributed by atoms with Crippen LogP contribution in [0.3, 0.4) is 0 Å². The highest BCUT2D eigenvalue weighted by Gasteiger charge is 2.22. The van der Waals surface area contributed by atoms with Crippen LogP contribution in [0.15, 0.2) is 41.3 Å². The Balaban J connectivity index is 1.96. The van der Waals surface area contributed by atoms with E-state index in [1.807, 2.05) is 58.0 Å². The summed E-state index contributed by atoms with van der Waals surface area (Å²) in [6.07, 6.45) is 1.46. The van der Waals surface area contributed by atoms with Crippen molar-refractivity contribution in [2.24, 2.45) is 0 Å². The number of fused-ring (bicyclic) bond motifs is 1. The van der Waals surface area contributed by atoms with Crippen molar-refractivity contribution in [1.29, 1.82) is 0 Å². The molecule has 0 saturated carbocycles. The minimum absolute atomic E-state index is 0.0377. The van der Waals surface area contributed by atoms with Crippen molar-refractivity contribution in [3.05, 3.63) is 46.9 Å². The fourth-order valence-corrected chi connectivity index (χ4v) is 3.11. The first-order valence-electron chi connectivity index (χ1n) is 8.58. The molecule has 0 fully saturated rings. The Hall–Kier alpha value is -3.03. The minimum atomic E-state index is -0.377. The summed E-state index contributed by atoms with van der Waals surface area (Å²) < 4.78 is 2.66. The predicted molar refractivity (Wildman–Crippen MR) is 98.0 cm³/mol. The number of amides is 1. The van der Waals surface area contributed by atoms with Crippen LogP contribution in [0.25, 0.3) is 16.7 Å². The van der Waals surface area contributed by atoms with E-state index in [4.69, 9.17) is 0 Å². The Labute approximate surface area is 151 Å². The zero-order chi connectivity index (χ0) is 18.8. The van der Waals surface area contributed by atoms with E-state index in [-0.39, 0.29) is 30.1 Å². The lowest BCUT2D eigenvalue weighted by Crippen LogP contribution is -2.45. The Morgan fingerprint density at radius 1 is 1.12 bits per heavy atom. The lowest BCUT2D eigenvalue weighted by Gasteiger charge is -2.30. The van der Waals surface area contributed by atoms with Crippen LogP contribution in [0.5, 0.6) is 0 Å². The number of nitrogens with zero attached hydrogens (tertiary/aromatic N) is 6. The maximum Gasteiger partial charge on any atom is 0.281 e. The number of rotatable bonds is 5. The van der Waals surface area contributed by atoms with Crippen molar-refractivity contribution in [2.45, 2.75) is 46.3 Å². The van der Waals surface area contributed by atoms with E-state index in [0.29, 0.717) is 11.0 Å². The van der Waals surface area contributed by atoms with E-state index in [2.05, 4.69) is 15.4 Å². The quantitative estimate of drug-likeness (QED) is 0.695. The Bertz CT molecular complexity index is 966. The van der Waals surface area contributed by atoms with Gasteiger partial charge in [0, 0.05) is 12.1 Å². The van der Waals surface area contributed by atoms with Crippen molar-refractivity contribution >= 4 is 16.9 Å². The molecule has 0 aliphatic rings. The minimum Gasteiger partial charge on any atom is -0.336 e. The zero-order valence-electron chi connectivity index (χ0n) is 15.3. The largest absolute Gasteiger partial charge is 0.336 e. The number of para-hydroxylation sites is 1. The maximum atomic E-state index is 12.7. The molecule has 3 aromatic rings. The molecule has 0 spiro atoms. The lowest BCUT2D eigenvalue weighted by atomic mass is 10.2. The summed E-state index contributed by atoms with van der Waals surface area (Å²) in [6, 6.07) is 9.46. The van der Waals surface area contributed by atoms with Crippen molar-refractivity contribution in [1.82, 2.24) is 29.7 Å². The molecule has 0 atom stereocenters. The molecule has 0 saturated heterocycles. The highest BCUT2D eigenvalue weighted by atomic mass is 16.2. The van der Waals surface area contributed by atoms with Gasteiger partial charge in [0.2, 0.25) is 5.91 Å². The Kier molecular flexibility index (Phi) is 4.83. The second-order valence-electron chi connectivity index (χ2n) is 6.67. The van der Waals surface area contributed by atoms with E-state index >= 15 is 0 Å². The molecule has 0 bridgehead atoms. The van der Waals surface area contributed by atoms with E-state index in [1.165, 1.54) is 6.20 Å². The van der Waals surface area contributed by atoms with E-state index in [9.17, 15) is 9.59 Å². The van der Waals surface area contributed by atoms with Gasteiger partial charge in [-0.05, 0) is 39.8 Å². The van der Waals surface area contributed by atoms with Crippen LogP contribution in [0.4, 0.5) is 0 Å². The third kappa shape index (κ3) is 3.22. The summed E-state index contributed by atoms with van der Waals surface area (Å²) in [5, 5.41) is 12.6. The first kappa shape index (κ1) is 17.8. The fourth-order valence-electron chi connectivity index (χ4n) is 3.11. The summed E-state index contributed by atoms with van der Waals surface area (Å²) in [5.41, 5.74) is 0.781. The summed E-state index contributed by atoms with van der Waals surface area (Å²) in [7, 11) is 0. The van der Waals surface area contributed by atoms with Crippen molar-refractivity contribution in [3.63, 3.8) is 0 Å². The van der Waals surface area contributed by atoms with Crippen LogP contribution in [0, 0.1) is 0 Å². The highest BCUT2D eigenvalue weighted by Crippen LogP contribution is 2.12. The van der Waals surface area contributed by atoms with Gasteiger partial charge in [-0.25, -0.2) is 9.36 Å². The first-order valence-corrected chi connectivity index (χ1v) is 8.58. The standard InChI is InChI=1S/C18H22N6O2/c1-12(2)23(13(3)4)16(25)11-22-18(26)15-10-19-24(17(15)20-21-22)14-8-6-5-7-9-14/h5-10,12-13H,11H2,1-4H3. The summed E-state index contributed by atoms with van der Waals surface area (Å²) in [5.74, 6) is -0.166. The molecule has 8 nitrogen and oxygen atoms in total. The van der Waals surface area contributed by atoms with Crippen LogP contribution in [0.2, 0.25) is 0 Å². The molecular formula is C18H22N6O2. The molecule has 2 heterocycles. The predicted octanol–water partition coefficient (Wildman–Crippen LogP) is 1.62. The molecule has 26 heavy (non-hydrogen) atoms. The molecule has 1 aromatic carbocycles. The molecule has 2 aromatic heterocycles. The van der Waals surface area contributed by atoms with Gasteiger partial charge in [0.25, 0.3) is 5.56 Å². The van der Waals surface area contributed by atoms with Gasteiger partial charge in [-0.1, -0.05) is 23.4 Å². The number of hydrogen-bond donors (Lipinski definition) is 0. The Morgan fingerprint density at radius 2 is 1.77 bits per heavy atom. The monoisotopic (exact) mass is 354 g/mol. The average Bonchev–Trinajstić information content (AvgIpc) is 3.02. The average molecular weight is 354 g/mol. The lowest BCUT2D eigenvalue weighted by molar-refractivity contribution is -0.135. The summed E-state index contributed by atoms with van der Waals surface area (Å²) >= 11 is 0. The normalized spacial score (nSPS) is 11.5. The molecule has 1 amide bonds. The van der Waals surface area contributed by atoms with Crippen molar-refractivity contribution < 1.29 is 4.79 Å². The molecule has 0 radical (unpaired) electrons. The van der Waals surface area contributed by atoms with Gasteiger partial charge in [-0.3, -0.25) is 9.59 Å². The fraction of sp³-hybridized carbons (Fsp3) is 0.389. The van der Waals surface area contributed by atoms with Gasteiger partial charge in [-0.15, -0.1) is 5.10 Å². The van der Waals surface area contributed by atoms with Crippen LogP contribution < -0.4 is 5.56 Å². The molecule has 0 aliphatic heterocycles. The smallest absolute Gasteiger partial charge is 0.281 e. The third-order valence-electron chi connectivity index (χ3n) is 4.14. The highest BCUT2D eigenvalue weighted by molar-refractivity contribution is 5.78. The first-order chi connectivity index (χ1) is 12.4. The zero-order valence-corrected chi connectivity index (χ0v) is 15.3. The van der Waals surface area contributed by atoms with Gasteiger partial charge in [0.15, 0.2) is 5.65 Å². The molecule has 8 heteroatoms. The van der Waals surface area contributed by atoms with Gasteiger partial charge in [-0.2, -0.15) is 5.10 Å². The Morgan fingerprint density at radius 3 is 2.38 bits per heavy atom. The molecule has 3 rings (SSSR count). The maximum absolute atomic E-state index is 12.7. The second kappa shape index (κ2) is 7.07. The van der Waals surface area contributed by atoms with Crippen molar-refractivity contribution in [2.75, 3.05) is 0 Å². The number of aromatic nitrogens is 5. The van der Waals surface area contributed by atoms with Gasteiger partial charge in [0.05, 0.1) is 11.9 Å². The van der Waals surface area contributed by atoms with Crippen LogP contribution >= 0.6 is 0 Å². The van der Waals surface area contributed by atoms with Crippen molar-refractivity contribution in [3.8, 4) is 5.69 Å². The van der Waals surface area contributed by atoms with E-state index in [0.717, 1.165) is 10.4 Å². The molecule has 136 valence electrons. The number of hydrogen-bond acceptors (Lipinski definition) is 5. The number of carbonyl (C=O) groups is 1. The third-order valence-corrected chi connectivity index (χ3v) is 4.14. The van der Waals surface area contributed by atoms with Crippen LogP contribution in [-0.4, -0.2) is 47.7 Å². The molecule has 0 unspecified atom stereocenters. The van der Waals surface area contributed by atoms with Gasteiger partial charge >= 0.3 is 0 Å². The van der Waals surface area contributed by atoms with Gasteiger partial charge in [0.1, 0.15) is 11.9 Å². The van der Waals surface area contributed by atoms with E-state index < -0.39 is 0 Å². The number of benzene rings is 1. The van der Waals surface area contributed by atoms with Crippen LogP contribution in [-0.2, 0) is 11.3 Å². The topological polar surface area (TPSA) is 85.9 Å². The molecule has 0 N–H and O–H groups in total. The number of carbonyl (C=O) groups excluding carboxylic acids is 1. The summed E-state index contributed by atoms with van der Waals surface area (Å²) in [6.45, 7) is 7.63. The van der Waals surface area contributed by atoms with E-state index in [1.54, 1.807) is 9.58 Å². The SMILES string of the molecule is CC(C)N(C(=O)Cn1nnc2c(cnn2-c2ccccc2)c1=O)C(C)C. The molecular weight excluding hydrogens is 332 g/mol. The molecule has 0 aliphatic carbocycles. The summed E-state index contributed by atoms with van der Waals surface area (Å²) in [4.78, 5) is 27.0. The van der Waals surface area contributed by atoms with Crippen LogP contribution in [0.1, 0.15) is 27.7 Å².